The number of carbonyl (C=O) groups is 1. The number of nitrogens with zero attached hydrogens (tertiary/aromatic N) is 2. The summed E-state index contributed by atoms with van der Waals surface area (Å²) in [5, 5.41) is 0. The predicted octanol–water partition coefficient (Wildman–Crippen LogP) is 5.70. The van der Waals surface area contributed by atoms with Gasteiger partial charge in [0, 0.05) is 18.8 Å². The molecule has 36 heavy (non-hydrogen) atoms. The Morgan fingerprint density at radius 3 is 2.39 bits per heavy atom. The lowest BCUT2D eigenvalue weighted by Gasteiger charge is -2.53. The largest absolute Gasteiger partial charge is 0.454 e. The van der Waals surface area contributed by atoms with Crippen LogP contribution in [0.1, 0.15) is 63.0 Å². The molecular formula is C31H42FN2O2+. The van der Waals surface area contributed by atoms with Gasteiger partial charge in [0.15, 0.2) is 6.10 Å². The second-order valence-electron chi connectivity index (χ2n) is 11.5. The molecule has 4 heterocycles. The molecule has 2 bridgehead atoms. The van der Waals surface area contributed by atoms with Crippen molar-refractivity contribution < 1.29 is 18.4 Å². The average molecular weight is 494 g/mol. The highest BCUT2D eigenvalue weighted by Crippen LogP contribution is 2.39. The van der Waals surface area contributed by atoms with Crippen LogP contribution >= 0.6 is 0 Å². The predicted molar refractivity (Wildman–Crippen MR) is 141 cm³/mol. The molecule has 5 heteroatoms. The van der Waals surface area contributed by atoms with Gasteiger partial charge in [0.25, 0.3) is 0 Å². The first kappa shape index (κ1) is 25.4. The van der Waals surface area contributed by atoms with E-state index >= 15 is 0 Å². The van der Waals surface area contributed by atoms with E-state index in [0.717, 1.165) is 81.2 Å². The van der Waals surface area contributed by atoms with Gasteiger partial charge in [0.2, 0.25) is 0 Å². The molecule has 4 fully saturated rings. The highest BCUT2D eigenvalue weighted by molar-refractivity contribution is 5.82. The number of quaternary nitrogens is 1. The third kappa shape index (κ3) is 5.38. The number of fused-ring (bicyclic) bond motifs is 3. The van der Waals surface area contributed by atoms with E-state index < -0.39 is 5.54 Å². The SMILES string of the molecule is C[C@@](C(=O)O[C@H]1C[N+]2(CCCCc3ccc(F)cc3)CCC1CC2)(c1ccccc1)N1CCCCC1. The van der Waals surface area contributed by atoms with Crippen molar-refractivity contribution in [1.82, 2.24) is 4.90 Å². The van der Waals surface area contributed by atoms with Crippen molar-refractivity contribution >= 4 is 5.97 Å². The maximum Gasteiger partial charge on any atom is 0.331 e. The van der Waals surface area contributed by atoms with Crippen molar-refractivity contribution in [2.45, 2.75) is 69.9 Å². The van der Waals surface area contributed by atoms with E-state index in [0.29, 0.717) is 5.92 Å². The standard InChI is InChI=1S/C31H42FN2O2/c1-31(27-11-4-2-5-12-27,33-19-7-3-8-20-33)30(35)36-29-24-34(22-17-26(29)18-23-34)21-9-6-10-25-13-15-28(32)16-14-25/h2,4-5,11-16,26,29H,3,6-10,17-24H2,1H3/q+1/t26?,29-,31-,34?/m0/s1. The number of unbranched alkanes of at least 4 members (excludes halogenated alkanes) is 1. The Balaban J connectivity index is 1.23. The van der Waals surface area contributed by atoms with Gasteiger partial charge >= 0.3 is 5.97 Å². The first-order valence-corrected chi connectivity index (χ1v) is 14.1. The van der Waals surface area contributed by atoms with Gasteiger partial charge in [0.05, 0.1) is 19.6 Å². The molecule has 0 N–H and O–H groups in total. The van der Waals surface area contributed by atoms with E-state index in [-0.39, 0.29) is 17.9 Å². The summed E-state index contributed by atoms with van der Waals surface area (Å²) in [5.41, 5.74) is 1.52. The molecule has 2 atom stereocenters. The van der Waals surface area contributed by atoms with Crippen molar-refractivity contribution in [3.8, 4) is 0 Å². The molecule has 0 aromatic heterocycles. The zero-order valence-electron chi connectivity index (χ0n) is 21.8. The van der Waals surface area contributed by atoms with Crippen LogP contribution < -0.4 is 0 Å². The number of halogens is 1. The summed E-state index contributed by atoms with van der Waals surface area (Å²) in [7, 11) is 0. The van der Waals surface area contributed by atoms with Crippen molar-refractivity contribution in [3.05, 3.63) is 71.5 Å². The van der Waals surface area contributed by atoms with E-state index in [9.17, 15) is 9.18 Å². The van der Waals surface area contributed by atoms with E-state index in [1.54, 1.807) is 12.1 Å². The number of esters is 1. The van der Waals surface area contributed by atoms with E-state index in [4.69, 9.17) is 4.74 Å². The third-order valence-electron chi connectivity index (χ3n) is 9.28. The highest BCUT2D eigenvalue weighted by Gasteiger charge is 2.50. The van der Waals surface area contributed by atoms with Crippen LogP contribution in [0.4, 0.5) is 4.39 Å². The smallest absolute Gasteiger partial charge is 0.331 e. The molecule has 0 saturated carbocycles. The number of carbonyl (C=O) groups excluding carboxylic acids is 1. The number of piperidine rings is 4. The summed E-state index contributed by atoms with van der Waals surface area (Å²) >= 11 is 0. The van der Waals surface area contributed by atoms with Gasteiger partial charge in [-0.2, -0.15) is 0 Å². The Bertz CT molecular complexity index is 997. The van der Waals surface area contributed by atoms with Gasteiger partial charge in [-0.1, -0.05) is 48.9 Å². The second-order valence-corrected chi connectivity index (χ2v) is 11.5. The lowest BCUT2D eigenvalue weighted by atomic mass is 9.82. The van der Waals surface area contributed by atoms with Crippen LogP contribution in [0.2, 0.25) is 0 Å². The number of likely N-dealkylation sites (tertiary alicyclic amines) is 1. The number of hydrogen-bond acceptors (Lipinski definition) is 3. The summed E-state index contributed by atoms with van der Waals surface area (Å²) in [4.78, 5) is 16.3. The van der Waals surface area contributed by atoms with E-state index in [2.05, 4.69) is 24.0 Å². The molecule has 4 saturated heterocycles. The van der Waals surface area contributed by atoms with Crippen molar-refractivity contribution in [3.63, 3.8) is 0 Å². The zero-order valence-corrected chi connectivity index (χ0v) is 21.8. The Hall–Kier alpha value is -2.24. The minimum Gasteiger partial charge on any atom is -0.454 e. The number of aryl methyl sites for hydroxylation is 1. The Kier molecular flexibility index (Phi) is 7.78. The topological polar surface area (TPSA) is 29.5 Å². The molecule has 2 aromatic rings. The van der Waals surface area contributed by atoms with Crippen LogP contribution in [0.25, 0.3) is 0 Å². The highest BCUT2D eigenvalue weighted by atomic mass is 19.1. The molecule has 0 aliphatic carbocycles. The first-order valence-electron chi connectivity index (χ1n) is 14.1. The monoisotopic (exact) mass is 493 g/mol. The van der Waals surface area contributed by atoms with Crippen LogP contribution in [0, 0.1) is 11.7 Å². The minimum absolute atomic E-state index is 0.0185. The van der Waals surface area contributed by atoms with Gasteiger partial charge < -0.3 is 9.22 Å². The van der Waals surface area contributed by atoms with Crippen molar-refractivity contribution in [2.24, 2.45) is 5.92 Å². The quantitative estimate of drug-likeness (QED) is 0.255. The molecule has 4 nitrogen and oxygen atoms in total. The average Bonchev–Trinajstić information content (AvgIpc) is 2.93. The summed E-state index contributed by atoms with van der Waals surface area (Å²) < 4.78 is 20.7. The number of hydrogen-bond donors (Lipinski definition) is 0. The van der Waals surface area contributed by atoms with Gasteiger partial charge in [-0.15, -0.1) is 0 Å². The van der Waals surface area contributed by atoms with Gasteiger partial charge in [-0.3, -0.25) is 4.90 Å². The number of ether oxygens (including phenoxy) is 1. The Morgan fingerprint density at radius 2 is 1.69 bits per heavy atom. The molecular weight excluding hydrogens is 451 g/mol. The molecule has 4 aliphatic rings. The van der Waals surface area contributed by atoms with Gasteiger partial charge in [-0.05, 0) is 75.4 Å². The van der Waals surface area contributed by atoms with Crippen LogP contribution in [0.15, 0.2) is 54.6 Å². The van der Waals surface area contributed by atoms with Crippen LogP contribution in [0.3, 0.4) is 0 Å². The second kappa shape index (κ2) is 11.0. The maximum absolute atomic E-state index is 14.0. The number of benzene rings is 2. The summed E-state index contributed by atoms with van der Waals surface area (Å²) in [6.07, 6.45) is 9.10. The fraction of sp³-hybridized carbons (Fsp3) is 0.581. The summed E-state index contributed by atoms with van der Waals surface area (Å²) in [5.74, 6) is 0.260. The van der Waals surface area contributed by atoms with E-state index in [1.807, 2.05) is 30.3 Å². The Labute approximate surface area is 216 Å². The van der Waals surface area contributed by atoms with Gasteiger partial charge in [0.1, 0.15) is 17.9 Å². The molecule has 0 unspecified atom stereocenters. The van der Waals surface area contributed by atoms with Gasteiger partial charge in [-0.25, -0.2) is 9.18 Å². The third-order valence-corrected chi connectivity index (χ3v) is 9.28. The van der Waals surface area contributed by atoms with E-state index in [1.165, 1.54) is 25.1 Å². The van der Waals surface area contributed by atoms with Crippen LogP contribution in [-0.4, -0.2) is 60.7 Å². The molecule has 2 aromatic carbocycles. The summed E-state index contributed by atoms with van der Waals surface area (Å²) in [6, 6.07) is 17.2. The lowest BCUT2D eigenvalue weighted by molar-refractivity contribution is -0.946. The lowest BCUT2D eigenvalue weighted by Crippen LogP contribution is -2.65. The first-order chi connectivity index (χ1) is 17.5. The molecule has 0 radical (unpaired) electrons. The summed E-state index contributed by atoms with van der Waals surface area (Å²) in [6.45, 7) is 8.49. The molecule has 0 spiro atoms. The molecule has 4 aliphatic heterocycles. The normalized spacial score (nSPS) is 27.9. The molecule has 194 valence electrons. The Morgan fingerprint density at radius 1 is 1.00 bits per heavy atom. The van der Waals surface area contributed by atoms with Crippen molar-refractivity contribution in [2.75, 3.05) is 39.3 Å². The van der Waals surface area contributed by atoms with Crippen LogP contribution in [0.5, 0.6) is 0 Å². The molecule has 6 rings (SSSR count). The molecule has 0 amide bonds. The van der Waals surface area contributed by atoms with Crippen molar-refractivity contribution in [1.29, 1.82) is 0 Å². The zero-order chi connectivity index (χ0) is 25.0. The maximum atomic E-state index is 14.0. The van der Waals surface area contributed by atoms with Crippen LogP contribution in [-0.2, 0) is 21.5 Å². The number of rotatable bonds is 9. The fourth-order valence-corrected chi connectivity index (χ4v) is 6.88. The minimum atomic E-state index is -0.728. The fourth-order valence-electron chi connectivity index (χ4n) is 6.88.